The zero-order valence-electron chi connectivity index (χ0n) is 19.5. The zero-order valence-corrected chi connectivity index (χ0v) is 19.5. The average molecular weight is 476 g/mol. The van der Waals surface area contributed by atoms with Crippen LogP contribution in [0.4, 0.5) is 20.6 Å². The number of imide groups is 1. The van der Waals surface area contributed by atoms with Gasteiger partial charge >= 0.3 is 6.03 Å². The smallest absolute Gasteiger partial charge is 0.332 e. The van der Waals surface area contributed by atoms with Crippen LogP contribution in [0.5, 0.6) is 5.75 Å². The van der Waals surface area contributed by atoms with Gasteiger partial charge in [-0.05, 0) is 67.4 Å². The third-order valence-electron chi connectivity index (χ3n) is 5.92. The standard InChI is InChI=1S/C27H26FN3O4/c1-18-3-11-22(12-4-18)31-26(33)24(17-25(32)29-21-9-7-20(28)8-10-21)30(27(31)34)16-15-19-5-13-23(35-2)14-6-19/h3-14,24H,15-17H2,1-2H3,(H,29,32)/t24-/m1/s1. The summed E-state index contributed by atoms with van der Waals surface area (Å²) in [7, 11) is 1.59. The van der Waals surface area contributed by atoms with Crippen molar-refractivity contribution < 1.29 is 23.5 Å². The average Bonchev–Trinajstić information content (AvgIpc) is 3.08. The van der Waals surface area contributed by atoms with Crippen LogP contribution in [-0.4, -0.2) is 42.4 Å². The number of rotatable bonds is 8. The van der Waals surface area contributed by atoms with Crippen LogP contribution in [0, 0.1) is 12.7 Å². The number of aryl methyl sites for hydroxylation is 1. The molecule has 1 saturated heterocycles. The predicted molar refractivity (Wildman–Crippen MR) is 131 cm³/mol. The van der Waals surface area contributed by atoms with Gasteiger partial charge in [-0.15, -0.1) is 0 Å². The molecule has 0 aliphatic carbocycles. The molecular formula is C27H26FN3O4. The predicted octanol–water partition coefficient (Wildman–Crippen LogP) is 4.55. The molecule has 0 spiro atoms. The van der Waals surface area contributed by atoms with Crippen molar-refractivity contribution in [2.24, 2.45) is 0 Å². The molecule has 180 valence electrons. The molecule has 8 heteroatoms. The number of anilines is 2. The molecule has 1 aliphatic rings. The maximum atomic E-state index is 13.4. The van der Waals surface area contributed by atoms with Crippen LogP contribution in [0.1, 0.15) is 17.5 Å². The maximum Gasteiger partial charge on any atom is 0.332 e. The van der Waals surface area contributed by atoms with E-state index in [2.05, 4.69) is 5.32 Å². The summed E-state index contributed by atoms with van der Waals surface area (Å²) in [4.78, 5) is 42.0. The number of methoxy groups -OCH3 is 1. The van der Waals surface area contributed by atoms with Crippen molar-refractivity contribution in [3.8, 4) is 5.75 Å². The Bertz CT molecular complexity index is 1210. The summed E-state index contributed by atoms with van der Waals surface area (Å²) in [6, 6.07) is 18.5. The van der Waals surface area contributed by atoms with Gasteiger partial charge in [-0.25, -0.2) is 14.1 Å². The number of nitrogens with one attached hydrogen (secondary N) is 1. The maximum absolute atomic E-state index is 13.4. The summed E-state index contributed by atoms with van der Waals surface area (Å²) < 4.78 is 18.4. The molecule has 7 nitrogen and oxygen atoms in total. The number of halogens is 1. The number of carbonyl (C=O) groups is 3. The Labute approximate surface area is 203 Å². The molecule has 0 unspecified atom stereocenters. The topological polar surface area (TPSA) is 79.0 Å². The van der Waals surface area contributed by atoms with Crippen molar-refractivity contribution >= 4 is 29.2 Å². The van der Waals surface area contributed by atoms with E-state index < -0.39 is 29.7 Å². The van der Waals surface area contributed by atoms with Crippen molar-refractivity contribution in [3.05, 3.63) is 89.7 Å². The minimum absolute atomic E-state index is 0.215. The first-order chi connectivity index (χ1) is 16.9. The molecule has 4 rings (SSSR count). The molecule has 0 aromatic heterocycles. The monoisotopic (exact) mass is 475 g/mol. The van der Waals surface area contributed by atoms with Crippen LogP contribution in [0.3, 0.4) is 0 Å². The van der Waals surface area contributed by atoms with Crippen molar-refractivity contribution in [2.75, 3.05) is 23.9 Å². The molecule has 4 amide bonds. The fourth-order valence-electron chi connectivity index (χ4n) is 3.98. The van der Waals surface area contributed by atoms with Gasteiger partial charge in [-0.1, -0.05) is 29.8 Å². The third kappa shape index (κ3) is 5.48. The molecule has 0 saturated carbocycles. The number of amides is 4. The van der Waals surface area contributed by atoms with Gasteiger partial charge in [-0.2, -0.15) is 0 Å². The Balaban J connectivity index is 1.54. The zero-order chi connectivity index (χ0) is 24.9. The lowest BCUT2D eigenvalue weighted by atomic mass is 10.1. The van der Waals surface area contributed by atoms with Gasteiger partial charge in [0.2, 0.25) is 5.91 Å². The normalized spacial score (nSPS) is 15.5. The molecular weight excluding hydrogens is 449 g/mol. The Kier molecular flexibility index (Phi) is 7.10. The second-order valence-electron chi connectivity index (χ2n) is 8.36. The fraction of sp³-hybridized carbons (Fsp3) is 0.222. The Hall–Kier alpha value is -4.20. The highest BCUT2D eigenvalue weighted by molar-refractivity contribution is 6.22. The van der Waals surface area contributed by atoms with Gasteiger partial charge in [-0.3, -0.25) is 9.59 Å². The highest BCUT2D eigenvalue weighted by Crippen LogP contribution is 2.28. The summed E-state index contributed by atoms with van der Waals surface area (Å²) in [5.41, 5.74) is 2.84. The minimum atomic E-state index is -0.956. The van der Waals surface area contributed by atoms with E-state index in [4.69, 9.17) is 4.74 Å². The molecule has 1 heterocycles. The van der Waals surface area contributed by atoms with Crippen LogP contribution < -0.4 is 15.0 Å². The Morgan fingerprint density at radius 1 is 0.971 bits per heavy atom. The fourth-order valence-corrected chi connectivity index (χ4v) is 3.98. The molecule has 1 N–H and O–H groups in total. The number of benzene rings is 3. The Morgan fingerprint density at radius 2 is 1.63 bits per heavy atom. The van der Waals surface area contributed by atoms with Crippen molar-refractivity contribution in [1.82, 2.24) is 4.90 Å². The van der Waals surface area contributed by atoms with Crippen LogP contribution in [-0.2, 0) is 16.0 Å². The van der Waals surface area contributed by atoms with Gasteiger partial charge in [0.25, 0.3) is 5.91 Å². The largest absolute Gasteiger partial charge is 0.497 e. The lowest BCUT2D eigenvalue weighted by Gasteiger charge is -2.21. The van der Waals surface area contributed by atoms with E-state index in [0.29, 0.717) is 17.8 Å². The van der Waals surface area contributed by atoms with Gasteiger partial charge in [0, 0.05) is 12.2 Å². The van der Waals surface area contributed by atoms with Crippen molar-refractivity contribution in [3.63, 3.8) is 0 Å². The molecule has 1 atom stereocenters. The Morgan fingerprint density at radius 3 is 2.26 bits per heavy atom. The minimum Gasteiger partial charge on any atom is -0.497 e. The lowest BCUT2D eigenvalue weighted by molar-refractivity contribution is -0.124. The van der Waals surface area contributed by atoms with Crippen LogP contribution >= 0.6 is 0 Å². The highest BCUT2D eigenvalue weighted by Gasteiger charge is 2.46. The number of ether oxygens (including phenoxy) is 1. The van der Waals surface area contributed by atoms with Gasteiger partial charge in [0.15, 0.2) is 0 Å². The van der Waals surface area contributed by atoms with E-state index in [1.165, 1.54) is 29.2 Å². The van der Waals surface area contributed by atoms with E-state index in [-0.39, 0.29) is 13.0 Å². The second-order valence-corrected chi connectivity index (χ2v) is 8.36. The van der Waals surface area contributed by atoms with E-state index in [1.54, 1.807) is 19.2 Å². The summed E-state index contributed by atoms with van der Waals surface area (Å²) in [6.45, 7) is 2.18. The molecule has 3 aromatic carbocycles. The number of nitrogens with zero attached hydrogens (tertiary/aromatic N) is 2. The van der Waals surface area contributed by atoms with Crippen LogP contribution in [0.15, 0.2) is 72.8 Å². The number of hydrogen-bond donors (Lipinski definition) is 1. The first-order valence-electron chi connectivity index (χ1n) is 11.3. The lowest BCUT2D eigenvalue weighted by Crippen LogP contribution is -2.39. The van der Waals surface area contributed by atoms with E-state index in [0.717, 1.165) is 21.8 Å². The molecule has 0 radical (unpaired) electrons. The van der Waals surface area contributed by atoms with Gasteiger partial charge in [0.05, 0.1) is 19.2 Å². The third-order valence-corrected chi connectivity index (χ3v) is 5.92. The summed E-state index contributed by atoms with van der Waals surface area (Å²) in [5.74, 6) is -0.592. The van der Waals surface area contributed by atoms with E-state index in [9.17, 15) is 18.8 Å². The van der Waals surface area contributed by atoms with E-state index in [1.807, 2.05) is 43.3 Å². The van der Waals surface area contributed by atoms with Gasteiger partial charge in [0.1, 0.15) is 17.6 Å². The number of hydrogen-bond acceptors (Lipinski definition) is 4. The van der Waals surface area contributed by atoms with Crippen molar-refractivity contribution in [1.29, 1.82) is 0 Å². The SMILES string of the molecule is COc1ccc(CCN2C(=O)N(c3ccc(C)cc3)C(=O)[C@H]2CC(=O)Nc2ccc(F)cc2)cc1. The number of carbonyl (C=O) groups excluding carboxylic acids is 3. The quantitative estimate of drug-likeness (QED) is 0.485. The van der Waals surface area contributed by atoms with Crippen molar-refractivity contribution in [2.45, 2.75) is 25.8 Å². The molecule has 1 aliphatic heterocycles. The summed E-state index contributed by atoms with van der Waals surface area (Å²) in [5, 5.41) is 2.67. The molecule has 35 heavy (non-hydrogen) atoms. The molecule has 0 bridgehead atoms. The van der Waals surface area contributed by atoms with Gasteiger partial charge < -0.3 is 15.0 Å². The number of urea groups is 1. The van der Waals surface area contributed by atoms with Crippen LogP contribution in [0.2, 0.25) is 0 Å². The van der Waals surface area contributed by atoms with Crippen LogP contribution in [0.25, 0.3) is 0 Å². The first kappa shape index (κ1) is 23.9. The van der Waals surface area contributed by atoms with E-state index >= 15 is 0 Å². The first-order valence-corrected chi connectivity index (χ1v) is 11.3. The molecule has 3 aromatic rings. The second kappa shape index (κ2) is 10.4. The highest BCUT2D eigenvalue weighted by atomic mass is 19.1. The summed E-state index contributed by atoms with van der Waals surface area (Å²) in [6.07, 6.45) is 0.285. The summed E-state index contributed by atoms with van der Waals surface area (Å²) >= 11 is 0. The molecule has 1 fully saturated rings.